The number of hydrogen-bond acceptors (Lipinski definition) is 6. The van der Waals surface area contributed by atoms with E-state index in [9.17, 15) is 14.4 Å². The van der Waals surface area contributed by atoms with Crippen LogP contribution in [0.3, 0.4) is 0 Å². The molecule has 124 valence electrons. The minimum Gasteiger partial charge on any atom is -0.451 e. The Morgan fingerprint density at radius 2 is 2.26 bits per heavy atom. The Labute approximate surface area is 146 Å². The summed E-state index contributed by atoms with van der Waals surface area (Å²) < 4.78 is 5.01. The molecule has 0 saturated carbocycles. The highest BCUT2D eigenvalue weighted by Crippen LogP contribution is 2.22. The van der Waals surface area contributed by atoms with Gasteiger partial charge in [0.05, 0.1) is 10.0 Å². The Bertz CT molecular complexity index is 644. The maximum atomic E-state index is 12.0. The third kappa shape index (κ3) is 4.98. The molecular weight excluding hydrogens is 365 g/mol. The zero-order valence-electron chi connectivity index (χ0n) is 12.0. The lowest BCUT2D eigenvalue weighted by atomic mass is 10.3. The average molecular weight is 378 g/mol. The van der Waals surface area contributed by atoms with Gasteiger partial charge in [-0.25, -0.2) is 4.98 Å². The fourth-order valence-corrected chi connectivity index (χ4v) is 2.99. The van der Waals surface area contributed by atoms with Gasteiger partial charge in [-0.3, -0.25) is 14.4 Å². The van der Waals surface area contributed by atoms with Crippen molar-refractivity contribution in [2.75, 3.05) is 24.2 Å². The largest absolute Gasteiger partial charge is 0.451 e. The molecule has 0 radical (unpaired) electrons. The van der Waals surface area contributed by atoms with Crippen molar-refractivity contribution in [3.63, 3.8) is 0 Å². The number of carbonyl (C=O) groups is 3. The van der Waals surface area contributed by atoms with E-state index >= 15 is 0 Å². The van der Waals surface area contributed by atoms with E-state index in [-0.39, 0.29) is 22.6 Å². The maximum Gasteiger partial charge on any atom is 0.326 e. The van der Waals surface area contributed by atoms with Crippen molar-refractivity contribution < 1.29 is 19.1 Å². The standard InChI is InChI=1S/C13H13Cl2N3O4S/c1-7(22-10(19)6-18-2-3-23-13(18)21)12(20)17-11-9(15)4-8(14)5-16-11/h4-5,7H,2-3,6H2,1H3,(H,16,17,20)/t7-/m1/s1. The molecule has 2 amide bonds. The van der Waals surface area contributed by atoms with Gasteiger partial charge >= 0.3 is 5.97 Å². The molecule has 1 atom stereocenters. The third-order valence-corrected chi connectivity index (χ3v) is 4.28. The molecule has 7 nitrogen and oxygen atoms in total. The van der Waals surface area contributed by atoms with Crippen molar-refractivity contribution in [2.24, 2.45) is 0 Å². The van der Waals surface area contributed by atoms with Gasteiger partial charge in [0, 0.05) is 18.5 Å². The number of pyridine rings is 1. The molecule has 0 unspecified atom stereocenters. The van der Waals surface area contributed by atoms with Crippen molar-refractivity contribution in [1.82, 2.24) is 9.88 Å². The van der Waals surface area contributed by atoms with Crippen LogP contribution >= 0.6 is 35.0 Å². The quantitative estimate of drug-likeness (QED) is 0.792. The molecule has 2 heterocycles. The van der Waals surface area contributed by atoms with Crippen molar-refractivity contribution >= 4 is 57.9 Å². The Morgan fingerprint density at radius 1 is 1.52 bits per heavy atom. The summed E-state index contributed by atoms with van der Waals surface area (Å²) in [5.74, 6) is -0.478. The van der Waals surface area contributed by atoms with E-state index in [2.05, 4.69) is 10.3 Å². The number of nitrogens with zero attached hydrogens (tertiary/aromatic N) is 2. The fourth-order valence-electron chi connectivity index (χ4n) is 1.74. The molecule has 23 heavy (non-hydrogen) atoms. The first-order chi connectivity index (χ1) is 10.9. The second-order valence-electron chi connectivity index (χ2n) is 4.64. The van der Waals surface area contributed by atoms with Gasteiger partial charge in [0.25, 0.3) is 11.1 Å². The van der Waals surface area contributed by atoms with Crippen LogP contribution in [-0.2, 0) is 14.3 Å². The highest BCUT2D eigenvalue weighted by atomic mass is 35.5. The van der Waals surface area contributed by atoms with Crippen LogP contribution in [0.5, 0.6) is 0 Å². The van der Waals surface area contributed by atoms with E-state index in [4.69, 9.17) is 27.9 Å². The highest BCUT2D eigenvalue weighted by molar-refractivity contribution is 8.13. The van der Waals surface area contributed by atoms with Crippen LogP contribution in [-0.4, -0.2) is 51.9 Å². The summed E-state index contributed by atoms with van der Waals surface area (Å²) in [6.07, 6.45) is 0.275. The molecule has 2 rings (SSSR count). The number of thioether (sulfide) groups is 1. The predicted octanol–water partition coefficient (Wildman–Crippen LogP) is 2.43. The molecule has 1 saturated heterocycles. The second-order valence-corrected chi connectivity index (χ2v) is 6.53. The van der Waals surface area contributed by atoms with Gasteiger partial charge in [-0.1, -0.05) is 35.0 Å². The number of halogens is 2. The van der Waals surface area contributed by atoms with Crippen LogP contribution in [0.25, 0.3) is 0 Å². The van der Waals surface area contributed by atoms with Crippen LogP contribution in [0.2, 0.25) is 10.0 Å². The molecule has 0 aromatic carbocycles. The average Bonchev–Trinajstić information content (AvgIpc) is 2.87. The summed E-state index contributed by atoms with van der Waals surface area (Å²) >= 11 is 12.8. The summed E-state index contributed by atoms with van der Waals surface area (Å²) in [7, 11) is 0. The number of ether oxygens (including phenoxy) is 1. The van der Waals surface area contributed by atoms with Gasteiger partial charge in [0.15, 0.2) is 11.9 Å². The van der Waals surface area contributed by atoms with Crippen LogP contribution in [0, 0.1) is 0 Å². The van der Waals surface area contributed by atoms with Crippen LogP contribution < -0.4 is 5.32 Å². The molecular formula is C13H13Cl2N3O4S. The monoisotopic (exact) mass is 377 g/mol. The minimum absolute atomic E-state index is 0.120. The summed E-state index contributed by atoms with van der Waals surface area (Å²) in [6, 6.07) is 1.43. The Hall–Kier alpha value is -1.51. The van der Waals surface area contributed by atoms with E-state index < -0.39 is 18.0 Å². The first-order valence-electron chi connectivity index (χ1n) is 6.60. The summed E-state index contributed by atoms with van der Waals surface area (Å²) in [4.78, 5) is 40.4. The number of aromatic nitrogens is 1. The van der Waals surface area contributed by atoms with E-state index in [1.807, 2.05) is 0 Å². The normalized spacial score (nSPS) is 15.4. The predicted molar refractivity (Wildman–Crippen MR) is 87.9 cm³/mol. The fraction of sp³-hybridized carbons (Fsp3) is 0.385. The van der Waals surface area contributed by atoms with E-state index in [1.165, 1.54) is 24.1 Å². The lowest BCUT2D eigenvalue weighted by Crippen LogP contribution is -2.36. The van der Waals surface area contributed by atoms with Gasteiger partial charge in [0.2, 0.25) is 0 Å². The van der Waals surface area contributed by atoms with Gasteiger partial charge < -0.3 is 15.0 Å². The SMILES string of the molecule is C[C@@H](OC(=O)CN1CCSC1=O)C(=O)Nc1ncc(Cl)cc1Cl. The van der Waals surface area contributed by atoms with Crippen LogP contribution in [0.1, 0.15) is 6.92 Å². The summed E-state index contributed by atoms with van der Waals surface area (Å²) in [6.45, 7) is 1.73. The number of esters is 1. The van der Waals surface area contributed by atoms with Crippen LogP contribution in [0.4, 0.5) is 10.6 Å². The zero-order chi connectivity index (χ0) is 17.0. The number of hydrogen-bond donors (Lipinski definition) is 1. The topological polar surface area (TPSA) is 88.6 Å². The lowest BCUT2D eigenvalue weighted by molar-refractivity contribution is -0.153. The zero-order valence-corrected chi connectivity index (χ0v) is 14.4. The van der Waals surface area contributed by atoms with Gasteiger partial charge in [0.1, 0.15) is 6.54 Å². The highest BCUT2D eigenvalue weighted by Gasteiger charge is 2.26. The van der Waals surface area contributed by atoms with Gasteiger partial charge in [-0.15, -0.1) is 0 Å². The van der Waals surface area contributed by atoms with Crippen LogP contribution in [0.15, 0.2) is 12.3 Å². The van der Waals surface area contributed by atoms with Gasteiger partial charge in [-0.05, 0) is 13.0 Å². The first kappa shape index (κ1) is 17.8. The molecule has 1 aromatic rings. The second kappa shape index (κ2) is 7.85. The molecule has 10 heteroatoms. The van der Waals surface area contributed by atoms with E-state index in [1.54, 1.807) is 0 Å². The number of rotatable bonds is 5. The van der Waals surface area contributed by atoms with Crippen molar-refractivity contribution in [2.45, 2.75) is 13.0 Å². The molecule has 1 aliphatic rings. The molecule has 1 N–H and O–H groups in total. The molecule has 0 bridgehead atoms. The van der Waals surface area contributed by atoms with E-state index in [0.29, 0.717) is 17.3 Å². The lowest BCUT2D eigenvalue weighted by Gasteiger charge is -2.17. The van der Waals surface area contributed by atoms with Gasteiger partial charge in [-0.2, -0.15) is 0 Å². The molecule has 1 aromatic heterocycles. The summed E-state index contributed by atoms with van der Waals surface area (Å²) in [5, 5.41) is 2.78. The maximum absolute atomic E-state index is 12.0. The molecule has 1 aliphatic heterocycles. The van der Waals surface area contributed by atoms with Crippen molar-refractivity contribution in [3.8, 4) is 0 Å². The van der Waals surface area contributed by atoms with Crippen molar-refractivity contribution in [1.29, 1.82) is 0 Å². The van der Waals surface area contributed by atoms with E-state index in [0.717, 1.165) is 11.8 Å². The number of anilines is 1. The number of amides is 2. The Balaban J connectivity index is 1.86. The first-order valence-corrected chi connectivity index (χ1v) is 8.34. The van der Waals surface area contributed by atoms with Crippen molar-refractivity contribution in [3.05, 3.63) is 22.3 Å². The molecule has 1 fully saturated rings. The number of carbonyl (C=O) groups excluding carboxylic acids is 3. The Morgan fingerprint density at radius 3 is 2.87 bits per heavy atom. The Kier molecular flexibility index (Phi) is 6.09. The smallest absolute Gasteiger partial charge is 0.326 e. The molecule has 0 spiro atoms. The molecule has 0 aliphatic carbocycles. The summed E-state index contributed by atoms with van der Waals surface area (Å²) in [5.41, 5.74) is 0. The third-order valence-electron chi connectivity index (χ3n) is 2.89. The minimum atomic E-state index is -1.05. The number of nitrogens with one attached hydrogen (secondary N) is 1.